The van der Waals surface area contributed by atoms with E-state index in [1.165, 1.54) is 0 Å². The fraction of sp³-hybridized carbons (Fsp3) is 0.200. The average molecular weight is 344 g/mol. The molecule has 1 atom stereocenters. The molecule has 0 aliphatic carbocycles. The van der Waals surface area contributed by atoms with Crippen molar-refractivity contribution in [1.82, 2.24) is 10.1 Å². The van der Waals surface area contributed by atoms with E-state index in [4.69, 9.17) is 9.78 Å². The van der Waals surface area contributed by atoms with E-state index < -0.39 is 0 Å². The smallest absolute Gasteiger partial charge is 0.257 e. The Morgan fingerprint density at radius 1 is 1.23 bits per heavy atom. The Labute approximate surface area is 150 Å². The molecule has 0 N–H and O–H groups in total. The van der Waals surface area contributed by atoms with Crippen molar-refractivity contribution in [1.29, 1.82) is 5.26 Å². The number of carbonyl (C=O) groups excluding carboxylic acids is 1. The summed E-state index contributed by atoms with van der Waals surface area (Å²) >= 11 is 0. The number of amides is 1. The molecular formula is C20H16N4O2. The molecule has 128 valence electrons. The van der Waals surface area contributed by atoms with Crippen LogP contribution in [-0.2, 0) is 4.79 Å². The summed E-state index contributed by atoms with van der Waals surface area (Å²) < 4.78 is 5.36. The zero-order chi connectivity index (χ0) is 18.1. The molecule has 0 bridgehead atoms. The topological polar surface area (TPSA) is 83.0 Å². The molecule has 6 nitrogen and oxygen atoms in total. The van der Waals surface area contributed by atoms with Crippen LogP contribution < -0.4 is 4.90 Å². The summed E-state index contributed by atoms with van der Waals surface area (Å²) in [5, 5.41) is 13.1. The molecule has 4 rings (SSSR count). The SMILES string of the molecule is Cc1cccc(N2C[C@@H](c3noc(-c4cccc(C#N)c4)n3)CC2=O)c1. The van der Waals surface area contributed by atoms with Gasteiger partial charge in [0.05, 0.1) is 11.6 Å². The molecule has 0 radical (unpaired) electrons. The van der Waals surface area contributed by atoms with Crippen LogP contribution in [0.3, 0.4) is 0 Å². The van der Waals surface area contributed by atoms with Gasteiger partial charge in [0, 0.05) is 30.1 Å². The van der Waals surface area contributed by atoms with Crippen molar-refractivity contribution >= 4 is 11.6 Å². The maximum Gasteiger partial charge on any atom is 0.257 e. The van der Waals surface area contributed by atoms with Gasteiger partial charge in [-0.05, 0) is 42.8 Å². The average Bonchev–Trinajstić information content (AvgIpc) is 3.28. The highest BCUT2D eigenvalue weighted by Gasteiger charge is 2.34. The standard InChI is InChI=1S/C20H16N4O2/c1-13-4-2-7-17(8-13)24-12-16(10-18(24)25)19-22-20(26-23-19)15-6-3-5-14(9-15)11-21/h2-9,16H,10,12H2,1H3/t16-/m0/s1. The van der Waals surface area contributed by atoms with Crippen molar-refractivity contribution in [3.63, 3.8) is 0 Å². The lowest BCUT2D eigenvalue weighted by atomic mass is 10.1. The van der Waals surface area contributed by atoms with Crippen LogP contribution >= 0.6 is 0 Å². The van der Waals surface area contributed by atoms with Gasteiger partial charge in [-0.25, -0.2) is 0 Å². The molecule has 1 aliphatic rings. The molecule has 0 unspecified atom stereocenters. The molecule has 2 aromatic carbocycles. The van der Waals surface area contributed by atoms with Crippen LogP contribution in [0.15, 0.2) is 53.1 Å². The van der Waals surface area contributed by atoms with Crippen molar-refractivity contribution in [2.75, 3.05) is 11.4 Å². The molecule has 6 heteroatoms. The summed E-state index contributed by atoms with van der Waals surface area (Å²) in [7, 11) is 0. The molecule has 0 saturated carbocycles. The number of nitriles is 1. The molecule has 1 aromatic heterocycles. The minimum atomic E-state index is -0.111. The van der Waals surface area contributed by atoms with Gasteiger partial charge in [-0.15, -0.1) is 0 Å². The number of benzene rings is 2. The number of nitrogens with zero attached hydrogens (tertiary/aromatic N) is 4. The molecule has 1 fully saturated rings. The van der Waals surface area contributed by atoms with Crippen LogP contribution in [0, 0.1) is 18.3 Å². The first kappa shape index (κ1) is 16.0. The van der Waals surface area contributed by atoms with Crippen LogP contribution in [0.4, 0.5) is 5.69 Å². The van der Waals surface area contributed by atoms with E-state index >= 15 is 0 Å². The minimum absolute atomic E-state index is 0.0541. The highest BCUT2D eigenvalue weighted by atomic mass is 16.5. The zero-order valence-electron chi connectivity index (χ0n) is 14.2. The number of aryl methyl sites for hydroxylation is 1. The Balaban J connectivity index is 1.57. The highest BCUT2D eigenvalue weighted by Crippen LogP contribution is 2.31. The number of anilines is 1. The van der Waals surface area contributed by atoms with E-state index in [1.54, 1.807) is 23.1 Å². The number of hydrogen-bond donors (Lipinski definition) is 0. The van der Waals surface area contributed by atoms with Crippen LogP contribution in [0.5, 0.6) is 0 Å². The van der Waals surface area contributed by atoms with Gasteiger partial charge in [0.15, 0.2) is 5.82 Å². The van der Waals surface area contributed by atoms with Crippen LogP contribution in [-0.4, -0.2) is 22.6 Å². The lowest BCUT2D eigenvalue weighted by Crippen LogP contribution is -2.24. The van der Waals surface area contributed by atoms with E-state index in [1.807, 2.05) is 37.3 Å². The third-order valence-corrected chi connectivity index (χ3v) is 4.48. The molecule has 1 amide bonds. The summed E-state index contributed by atoms with van der Waals surface area (Å²) in [4.78, 5) is 18.7. The third kappa shape index (κ3) is 2.95. The van der Waals surface area contributed by atoms with Crippen molar-refractivity contribution in [3.8, 4) is 17.5 Å². The van der Waals surface area contributed by atoms with Crippen molar-refractivity contribution < 1.29 is 9.32 Å². The first-order chi connectivity index (χ1) is 12.6. The highest BCUT2D eigenvalue weighted by molar-refractivity contribution is 5.96. The lowest BCUT2D eigenvalue weighted by molar-refractivity contribution is -0.117. The van der Waals surface area contributed by atoms with Crippen LogP contribution in [0.2, 0.25) is 0 Å². The summed E-state index contributed by atoms with van der Waals surface area (Å²) in [6, 6.07) is 17.0. The third-order valence-electron chi connectivity index (χ3n) is 4.48. The van der Waals surface area contributed by atoms with Gasteiger partial charge in [-0.2, -0.15) is 10.2 Å². The van der Waals surface area contributed by atoms with Gasteiger partial charge < -0.3 is 9.42 Å². The number of rotatable bonds is 3. The van der Waals surface area contributed by atoms with Crippen molar-refractivity contribution in [3.05, 3.63) is 65.5 Å². The van der Waals surface area contributed by atoms with Gasteiger partial charge in [0.2, 0.25) is 5.91 Å². The summed E-state index contributed by atoms with van der Waals surface area (Å²) in [5.74, 6) is 0.822. The van der Waals surface area contributed by atoms with E-state index in [0.717, 1.165) is 11.3 Å². The summed E-state index contributed by atoms with van der Waals surface area (Å²) in [5.41, 5.74) is 3.23. The predicted octanol–water partition coefficient (Wildman–Crippen LogP) is 3.44. The second kappa shape index (κ2) is 6.45. The molecule has 26 heavy (non-hydrogen) atoms. The number of hydrogen-bond acceptors (Lipinski definition) is 5. The van der Waals surface area contributed by atoms with Gasteiger partial charge in [0.1, 0.15) is 0 Å². The first-order valence-corrected chi connectivity index (χ1v) is 8.35. The van der Waals surface area contributed by atoms with E-state index in [9.17, 15) is 4.79 Å². The fourth-order valence-corrected chi connectivity index (χ4v) is 3.17. The molecule has 1 saturated heterocycles. The van der Waals surface area contributed by atoms with Gasteiger partial charge in [0.25, 0.3) is 5.89 Å². The normalized spacial score (nSPS) is 16.7. The minimum Gasteiger partial charge on any atom is -0.334 e. The largest absolute Gasteiger partial charge is 0.334 e. The maximum absolute atomic E-state index is 12.4. The summed E-state index contributed by atoms with van der Waals surface area (Å²) in [6.45, 7) is 2.53. The Hall–Kier alpha value is -3.46. The van der Waals surface area contributed by atoms with Gasteiger partial charge in [-0.3, -0.25) is 4.79 Å². The molecule has 2 heterocycles. The Kier molecular flexibility index (Phi) is 3.98. The predicted molar refractivity (Wildman–Crippen MR) is 95.3 cm³/mol. The van der Waals surface area contributed by atoms with Crippen LogP contribution in [0.25, 0.3) is 11.5 Å². The Bertz CT molecular complexity index is 1020. The van der Waals surface area contributed by atoms with Crippen molar-refractivity contribution in [2.45, 2.75) is 19.3 Å². The quantitative estimate of drug-likeness (QED) is 0.727. The first-order valence-electron chi connectivity index (χ1n) is 8.35. The summed E-state index contributed by atoms with van der Waals surface area (Å²) in [6.07, 6.45) is 0.352. The van der Waals surface area contributed by atoms with E-state index in [0.29, 0.717) is 35.8 Å². The van der Waals surface area contributed by atoms with E-state index in [2.05, 4.69) is 16.2 Å². The van der Waals surface area contributed by atoms with Crippen molar-refractivity contribution in [2.24, 2.45) is 0 Å². The Morgan fingerprint density at radius 2 is 2.08 bits per heavy atom. The molecule has 0 spiro atoms. The second-order valence-corrected chi connectivity index (χ2v) is 6.39. The molecular weight excluding hydrogens is 328 g/mol. The molecule has 3 aromatic rings. The monoisotopic (exact) mass is 344 g/mol. The van der Waals surface area contributed by atoms with E-state index in [-0.39, 0.29) is 11.8 Å². The van der Waals surface area contributed by atoms with Crippen LogP contribution in [0.1, 0.15) is 29.3 Å². The maximum atomic E-state index is 12.4. The lowest BCUT2D eigenvalue weighted by Gasteiger charge is -2.16. The second-order valence-electron chi connectivity index (χ2n) is 6.39. The zero-order valence-corrected chi connectivity index (χ0v) is 14.2. The number of aromatic nitrogens is 2. The Morgan fingerprint density at radius 3 is 2.88 bits per heavy atom. The van der Waals surface area contributed by atoms with Gasteiger partial charge in [-0.1, -0.05) is 23.4 Å². The number of carbonyl (C=O) groups is 1. The molecule has 1 aliphatic heterocycles. The van der Waals surface area contributed by atoms with Gasteiger partial charge >= 0.3 is 0 Å². The fourth-order valence-electron chi connectivity index (χ4n) is 3.17.